The third-order valence-electron chi connectivity index (χ3n) is 2.85. The molecule has 1 aliphatic rings. The SMILES string of the molecule is FC(F)(F)CN(c1ccc(CCl)c(Br)c1)C1CC1. The van der Waals surface area contributed by atoms with Crippen LogP contribution in [0.2, 0.25) is 0 Å². The zero-order chi connectivity index (χ0) is 13.3. The minimum Gasteiger partial charge on any atom is -0.359 e. The van der Waals surface area contributed by atoms with Crippen LogP contribution in [0.15, 0.2) is 22.7 Å². The summed E-state index contributed by atoms with van der Waals surface area (Å²) in [6, 6.07) is 5.19. The Morgan fingerprint density at radius 2 is 2.00 bits per heavy atom. The van der Waals surface area contributed by atoms with E-state index in [0.29, 0.717) is 11.6 Å². The van der Waals surface area contributed by atoms with E-state index in [4.69, 9.17) is 11.6 Å². The van der Waals surface area contributed by atoms with Crippen LogP contribution in [0, 0.1) is 0 Å². The van der Waals surface area contributed by atoms with Gasteiger partial charge in [0.15, 0.2) is 0 Å². The van der Waals surface area contributed by atoms with Crippen LogP contribution in [0.3, 0.4) is 0 Å². The van der Waals surface area contributed by atoms with Crippen molar-refractivity contribution in [3.05, 3.63) is 28.2 Å². The van der Waals surface area contributed by atoms with Gasteiger partial charge in [-0.2, -0.15) is 13.2 Å². The summed E-state index contributed by atoms with van der Waals surface area (Å²) >= 11 is 9.05. The number of rotatable bonds is 4. The van der Waals surface area contributed by atoms with Crippen molar-refractivity contribution in [2.75, 3.05) is 11.4 Å². The van der Waals surface area contributed by atoms with Crippen molar-refractivity contribution in [3.8, 4) is 0 Å². The summed E-state index contributed by atoms with van der Waals surface area (Å²) in [5.41, 5.74) is 1.47. The van der Waals surface area contributed by atoms with Crippen LogP contribution in [0.1, 0.15) is 18.4 Å². The zero-order valence-electron chi connectivity index (χ0n) is 9.47. The van der Waals surface area contributed by atoms with E-state index in [1.807, 2.05) is 0 Å². The molecule has 2 rings (SSSR count). The van der Waals surface area contributed by atoms with Crippen LogP contribution >= 0.6 is 27.5 Å². The molecule has 0 amide bonds. The van der Waals surface area contributed by atoms with Crippen LogP contribution < -0.4 is 4.90 Å². The number of hydrogen-bond acceptors (Lipinski definition) is 1. The van der Waals surface area contributed by atoms with Crippen LogP contribution in [0.5, 0.6) is 0 Å². The Morgan fingerprint density at radius 3 is 2.44 bits per heavy atom. The molecule has 0 bridgehead atoms. The van der Waals surface area contributed by atoms with Gasteiger partial charge in [-0.1, -0.05) is 22.0 Å². The van der Waals surface area contributed by atoms with E-state index in [2.05, 4.69) is 15.9 Å². The topological polar surface area (TPSA) is 3.24 Å². The minimum atomic E-state index is -4.18. The predicted octanol–water partition coefficient (Wildman–Crippen LogP) is 4.72. The van der Waals surface area contributed by atoms with E-state index in [1.165, 1.54) is 4.90 Å². The first-order chi connectivity index (χ1) is 8.40. The molecule has 1 saturated carbocycles. The van der Waals surface area contributed by atoms with E-state index in [0.717, 1.165) is 22.9 Å². The highest BCUT2D eigenvalue weighted by molar-refractivity contribution is 9.10. The van der Waals surface area contributed by atoms with Gasteiger partial charge in [-0.25, -0.2) is 0 Å². The van der Waals surface area contributed by atoms with E-state index in [1.54, 1.807) is 18.2 Å². The Bertz CT molecular complexity index is 432. The highest BCUT2D eigenvalue weighted by atomic mass is 79.9. The molecule has 0 spiro atoms. The van der Waals surface area contributed by atoms with Crippen LogP contribution in [0.4, 0.5) is 18.9 Å². The second-order valence-corrected chi connectivity index (χ2v) is 5.51. The minimum absolute atomic E-state index is 0.0142. The lowest BCUT2D eigenvalue weighted by Crippen LogP contribution is -2.35. The van der Waals surface area contributed by atoms with Gasteiger partial charge in [0.05, 0.1) is 0 Å². The van der Waals surface area contributed by atoms with Gasteiger partial charge in [0.2, 0.25) is 0 Å². The lowest BCUT2D eigenvalue weighted by molar-refractivity contribution is -0.120. The Kier molecular flexibility index (Phi) is 4.11. The van der Waals surface area contributed by atoms with Crippen molar-refractivity contribution in [3.63, 3.8) is 0 Å². The summed E-state index contributed by atoms with van der Waals surface area (Å²) in [4.78, 5) is 1.42. The second kappa shape index (κ2) is 5.29. The van der Waals surface area contributed by atoms with Crippen molar-refractivity contribution in [1.29, 1.82) is 0 Å². The summed E-state index contributed by atoms with van der Waals surface area (Å²) in [6.45, 7) is -0.898. The Balaban J connectivity index is 2.23. The summed E-state index contributed by atoms with van der Waals surface area (Å²) in [7, 11) is 0. The van der Waals surface area contributed by atoms with Gasteiger partial charge in [-0.3, -0.25) is 0 Å². The number of benzene rings is 1. The molecule has 0 unspecified atom stereocenters. The second-order valence-electron chi connectivity index (χ2n) is 4.38. The average molecular weight is 343 g/mol. The van der Waals surface area contributed by atoms with Gasteiger partial charge < -0.3 is 4.90 Å². The molecule has 1 fully saturated rings. The molecule has 1 aromatic rings. The van der Waals surface area contributed by atoms with Gasteiger partial charge >= 0.3 is 6.18 Å². The lowest BCUT2D eigenvalue weighted by Gasteiger charge is -2.26. The van der Waals surface area contributed by atoms with Crippen molar-refractivity contribution in [1.82, 2.24) is 0 Å². The maximum Gasteiger partial charge on any atom is 0.405 e. The summed E-state index contributed by atoms with van der Waals surface area (Å²) in [5.74, 6) is 0.337. The van der Waals surface area contributed by atoms with E-state index < -0.39 is 12.7 Å². The van der Waals surface area contributed by atoms with Gasteiger partial charge in [0.1, 0.15) is 6.54 Å². The van der Waals surface area contributed by atoms with E-state index in [-0.39, 0.29) is 6.04 Å². The number of hydrogen-bond donors (Lipinski definition) is 0. The highest BCUT2D eigenvalue weighted by Gasteiger charge is 2.38. The smallest absolute Gasteiger partial charge is 0.359 e. The van der Waals surface area contributed by atoms with Gasteiger partial charge in [0, 0.05) is 22.1 Å². The first kappa shape index (κ1) is 14.0. The third-order valence-corrected chi connectivity index (χ3v) is 3.88. The van der Waals surface area contributed by atoms with Crippen LogP contribution in [-0.2, 0) is 5.88 Å². The molecule has 1 aliphatic carbocycles. The fraction of sp³-hybridized carbons (Fsp3) is 0.500. The molecular formula is C12H12BrClF3N. The van der Waals surface area contributed by atoms with Gasteiger partial charge in [-0.15, -0.1) is 11.6 Å². The normalized spacial score (nSPS) is 15.8. The highest BCUT2D eigenvalue weighted by Crippen LogP contribution is 2.36. The Hall–Kier alpha value is -0.420. The molecule has 18 heavy (non-hydrogen) atoms. The third kappa shape index (κ3) is 3.54. The average Bonchev–Trinajstić information content (AvgIpc) is 3.08. The molecule has 6 heteroatoms. The number of anilines is 1. The fourth-order valence-corrected chi connectivity index (χ4v) is 2.74. The summed E-state index contributed by atoms with van der Waals surface area (Å²) in [5, 5.41) is 0. The number of halogens is 5. The molecule has 0 N–H and O–H groups in total. The first-order valence-electron chi connectivity index (χ1n) is 5.58. The fourth-order valence-electron chi connectivity index (χ4n) is 1.83. The molecule has 0 heterocycles. The largest absolute Gasteiger partial charge is 0.405 e. The monoisotopic (exact) mass is 341 g/mol. The number of alkyl halides is 4. The molecule has 0 radical (unpaired) electrons. The maximum absolute atomic E-state index is 12.6. The van der Waals surface area contributed by atoms with E-state index in [9.17, 15) is 13.2 Å². The molecule has 0 saturated heterocycles. The van der Waals surface area contributed by atoms with Crippen molar-refractivity contribution in [2.24, 2.45) is 0 Å². The standard InChI is InChI=1S/C12H12BrClF3N/c13-11-5-10(2-1-8(11)6-14)18(9-3-4-9)7-12(15,16)17/h1-2,5,9H,3-4,6-7H2. The predicted molar refractivity (Wildman–Crippen MR) is 70.1 cm³/mol. The summed E-state index contributed by atoms with van der Waals surface area (Å²) in [6.07, 6.45) is -2.53. The molecule has 0 aromatic heterocycles. The molecule has 0 atom stereocenters. The van der Waals surface area contributed by atoms with Crippen LogP contribution in [0.25, 0.3) is 0 Å². The van der Waals surface area contributed by atoms with Gasteiger partial charge in [0.25, 0.3) is 0 Å². The first-order valence-corrected chi connectivity index (χ1v) is 6.91. The van der Waals surface area contributed by atoms with Crippen molar-refractivity contribution < 1.29 is 13.2 Å². The lowest BCUT2D eigenvalue weighted by atomic mass is 10.2. The molecule has 100 valence electrons. The quantitative estimate of drug-likeness (QED) is 0.716. The Labute approximate surface area is 117 Å². The van der Waals surface area contributed by atoms with Crippen molar-refractivity contribution in [2.45, 2.75) is 30.9 Å². The molecule has 1 aromatic carbocycles. The summed E-state index contributed by atoms with van der Waals surface area (Å²) < 4.78 is 38.4. The Morgan fingerprint density at radius 1 is 1.33 bits per heavy atom. The van der Waals surface area contributed by atoms with Crippen molar-refractivity contribution >= 4 is 33.2 Å². The molecular weight excluding hydrogens is 330 g/mol. The maximum atomic E-state index is 12.6. The van der Waals surface area contributed by atoms with Crippen LogP contribution in [-0.4, -0.2) is 18.8 Å². The molecule has 0 aliphatic heterocycles. The molecule has 1 nitrogen and oxygen atoms in total. The number of nitrogens with zero attached hydrogens (tertiary/aromatic N) is 1. The zero-order valence-corrected chi connectivity index (χ0v) is 11.8. The van der Waals surface area contributed by atoms with E-state index >= 15 is 0 Å². The van der Waals surface area contributed by atoms with Gasteiger partial charge in [-0.05, 0) is 30.5 Å².